The Morgan fingerprint density at radius 2 is 1.90 bits per heavy atom. The molecule has 0 saturated carbocycles. The fourth-order valence-electron chi connectivity index (χ4n) is 2.09. The van der Waals surface area contributed by atoms with Crippen LogP contribution in [-0.4, -0.2) is 10.7 Å². The molecule has 0 atom stereocenters. The molecule has 0 aromatic heterocycles. The predicted molar refractivity (Wildman–Crippen MR) is 82.4 cm³/mol. The first-order chi connectivity index (χ1) is 9.97. The Kier molecular flexibility index (Phi) is 4.28. The number of ketones is 1. The molecule has 0 aliphatic carbocycles. The Morgan fingerprint density at radius 1 is 1.14 bits per heavy atom. The van der Waals surface area contributed by atoms with E-state index in [0.717, 1.165) is 11.1 Å². The Morgan fingerprint density at radius 3 is 2.57 bits per heavy atom. The second-order valence-electron chi connectivity index (χ2n) is 4.87. The van der Waals surface area contributed by atoms with Crippen LogP contribution in [0, 0.1) is 24.0 Å². The molecule has 4 heteroatoms. The number of nitro benzene ring substituents is 1. The topological polar surface area (TPSA) is 60.2 Å². The summed E-state index contributed by atoms with van der Waals surface area (Å²) in [6.07, 6.45) is 3.03. The normalized spacial score (nSPS) is 10.8. The Labute approximate surface area is 122 Å². The maximum absolute atomic E-state index is 12.1. The SMILES string of the molecule is Cc1ccc(C(=O)/C=C\c2cccc([N+](=O)[O-])c2)c(C)c1. The molecule has 21 heavy (non-hydrogen) atoms. The monoisotopic (exact) mass is 281 g/mol. The number of aryl methyl sites for hydroxylation is 2. The van der Waals surface area contributed by atoms with Gasteiger partial charge >= 0.3 is 0 Å². The summed E-state index contributed by atoms with van der Waals surface area (Å²) in [5.74, 6) is -0.112. The van der Waals surface area contributed by atoms with Crippen LogP contribution in [0.5, 0.6) is 0 Å². The third-order valence-corrected chi connectivity index (χ3v) is 3.16. The van der Waals surface area contributed by atoms with Crippen molar-refractivity contribution in [2.75, 3.05) is 0 Å². The molecule has 106 valence electrons. The van der Waals surface area contributed by atoms with E-state index in [1.165, 1.54) is 18.2 Å². The van der Waals surface area contributed by atoms with Gasteiger partial charge in [-0.05, 0) is 31.1 Å². The molecule has 2 rings (SSSR count). The van der Waals surface area contributed by atoms with Crippen molar-refractivity contribution in [2.24, 2.45) is 0 Å². The van der Waals surface area contributed by atoms with E-state index in [9.17, 15) is 14.9 Å². The van der Waals surface area contributed by atoms with E-state index in [4.69, 9.17) is 0 Å². The number of carbonyl (C=O) groups is 1. The predicted octanol–water partition coefficient (Wildman–Crippen LogP) is 4.11. The van der Waals surface area contributed by atoms with E-state index >= 15 is 0 Å². The maximum atomic E-state index is 12.1. The van der Waals surface area contributed by atoms with Crippen molar-refractivity contribution in [1.29, 1.82) is 0 Å². The van der Waals surface area contributed by atoms with Crippen LogP contribution in [0.25, 0.3) is 6.08 Å². The number of benzene rings is 2. The summed E-state index contributed by atoms with van der Waals surface area (Å²) in [5.41, 5.74) is 3.30. The number of non-ortho nitro benzene ring substituents is 1. The van der Waals surface area contributed by atoms with Gasteiger partial charge in [0.1, 0.15) is 0 Å². The fraction of sp³-hybridized carbons (Fsp3) is 0.118. The van der Waals surface area contributed by atoms with E-state index < -0.39 is 4.92 Å². The number of nitro groups is 1. The number of carbonyl (C=O) groups excluding carboxylic acids is 1. The van der Waals surface area contributed by atoms with Crippen LogP contribution in [0.1, 0.15) is 27.0 Å². The summed E-state index contributed by atoms with van der Waals surface area (Å²) in [4.78, 5) is 22.4. The summed E-state index contributed by atoms with van der Waals surface area (Å²) in [6, 6.07) is 11.8. The average Bonchev–Trinajstić information content (AvgIpc) is 2.45. The molecule has 0 spiro atoms. The van der Waals surface area contributed by atoms with Gasteiger partial charge in [0, 0.05) is 17.7 Å². The summed E-state index contributed by atoms with van der Waals surface area (Å²) in [7, 11) is 0. The van der Waals surface area contributed by atoms with Gasteiger partial charge in [-0.15, -0.1) is 0 Å². The molecule has 0 bridgehead atoms. The largest absolute Gasteiger partial charge is 0.289 e. The minimum Gasteiger partial charge on any atom is -0.289 e. The summed E-state index contributed by atoms with van der Waals surface area (Å²) >= 11 is 0. The highest BCUT2D eigenvalue weighted by molar-refractivity contribution is 6.07. The molecule has 0 N–H and O–H groups in total. The highest BCUT2D eigenvalue weighted by atomic mass is 16.6. The molecule has 4 nitrogen and oxygen atoms in total. The van der Waals surface area contributed by atoms with Crippen molar-refractivity contribution in [3.8, 4) is 0 Å². The van der Waals surface area contributed by atoms with Crippen molar-refractivity contribution < 1.29 is 9.72 Å². The van der Waals surface area contributed by atoms with Crippen LogP contribution in [0.3, 0.4) is 0 Å². The van der Waals surface area contributed by atoms with Crippen molar-refractivity contribution in [3.05, 3.63) is 80.9 Å². The first kappa shape index (κ1) is 14.7. The van der Waals surface area contributed by atoms with Crippen molar-refractivity contribution in [1.82, 2.24) is 0 Å². The number of hydrogen-bond donors (Lipinski definition) is 0. The van der Waals surface area contributed by atoms with E-state index in [2.05, 4.69) is 0 Å². The molecule has 0 aliphatic heterocycles. The lowest BCUT2D eigenvalue weighted by Crippen LogP contribution is -1.98. The first-order valence-electron chi connectivity index (χ1n) is 6.51. The zero-order valence-electron chi connectivity index (χ0n) is 11.9. The van der Waals surface area contributed by atoms with Gasteiger partial charge in [-0.1, -0.05) is 42.0 Å². The molecule has 0 unspecified atom stereocenters. The molecule has 0 fully saturated rings. The van der Waals surface area contributed by atoms with Gasteiger partial charge in [-0.2, -0.15) is 0 Å². The lowest BCUT2D eigenvalue weighted by atomic mass is 10.0. The molecule has 0 amide bonds. The highest BCUT2D eigenvalue weighted by Crippen LogP contribution is 2.16. The quantitative estimate of drug-likeness (QED) is 0.367. The minimum absolute atomic E-state index is 0.0103. The zero-order chi connectivity index (χ0) is 15.4. The standard InChI is InChI=1S/C17H15NO3/c1-12-6-8-16(13(2)10-12)17(19)9-7-14-4-3-5-15(11-14)18(20)21/h3-11H,1-2H3/b9-7-. The van der Waals surface area contributed by atoms with Crippen LogP contribution < -0.4 is 0 Å². The molecule has 0 heterocycles. The summed E-state index contributed by atoms with van der Waals surface area (Å²) in [6.45, 7) is 3.86. The summed E-state index contributed by atoms with van der Waals surface area (Å²) in [5, 5.41) is 10.7. The first-order valence-corrected chi connectivity index (χ1v) is 6.51. The number of rotatable bonds is 4. The van der Waals surface area contributed by atoms with Crippen molar-refractivity contribution >= 4 is 17.5 Å². The number of hydrogen-bond acceptors (Lipinski definition) is 3. The van der Waals surface area contributed by atoms with E-state index in [0.29, 0.717) is 11.1 Å². The smallest absolute Gasteiger partial charge is 0.270 e. The van der Waals surface area contributed by atoms with Gasteiger partial charge in [0.2, 0.25) is 0 Å². The Bertz CT molecular complexity index is 733. The van der Waals surface area contributed by atoms with Gasteiger partial charge in [0.15, 0.2) is 5.78 Å². The number of allylic oxidation sites excluding steroid dienone is 1. The van der Waals surface area contributed by atoms with Crippen LogP contribution in [0.2, 0.25) is 0 Å². The number of nitrogens with zero attached hydrogens (tertiary/aromatic N) is 1. The van der Waals surface area contributed by atoms with Crippen molar-refractivity contribution in [3.63, 3.8) is 0 Å². The second-order valence-corrected chi connectivity index (χ2v) is 4.87. The maximum Gasteiger partial charge on any atom is 0.270 e. The van der Waals surface area contributed by atoms with Crippen LogP contribution in [0.15, 0.2) is 48.5 Å². The van der Waals surface area contributed by atoms with Crippen molar-refractivity contribution in [2.45, 2.75) is 13.8 Å². The minimum atomic E-state index is -0.455. The molecule has 0 radical (unpaired) electrons. The molecule has 0 aliphatic rings. The fourth-order valence-corrected chi connectivity index (χ4v) is 2.09. The van der Waals surface area contributed by atoms with E-state index in [-0.39, 0.29) is 11.5 Å². The van der Waals surface area contributed by atoms with Gasteiger partial charge in [-0.25, -0.2) is 0 Å². The third kappa shape index (κ3) is 3.63. The van der Waals surface area contributed by atoms with Gasteiger partial charge in [-0.3, -0.25) is 14.9 Å². The lowest BCUT2D eigenvalue weighted by Gasteiger charge is -2.02. The molecule has 2 aromatic rings. The Balaban J connectivity index is 2.22. The lowest BCUT2D eigenvalue weighted by molar-refractivity contribution is -0.384. The van der Waals surface area contributed by atoms with Gasteiger partial charge < -0.3 is 0 Å². The summed E-state index contributed by atoms with van der Waals surface area (Å²) < 4.78 is 0. The Hall–Kier alpha value is -2.75. The second kappa shape index (κ2) is 6.13. The molecular weight excluding hydrogens is 266 g/mol. The average molecular weight is 281 g/mol. The zero-order valence-corrected chi connectivity index (χ0v) is 11.9. The van der Waals surface area contributed by atoms with E-state index in [1.807, 2.05) is 26.0 Å². The van der Waals surface area contributed by atoms with Crippen LogP contribution >= 0.6 is 0 Å². The van der Waals surface area contributed by atoms with Crippen LogP contribution in [0.4, 0.5) is 5.69 Å². The van der Waals surface area contributed by atoms with Gasteiger partial charge in [0.05, 0.1) is 4.92 Å². The van der Waals surface area contributed by atoms with E-state index in [1.54, 1.807) is 24.3 Å². The third-order valence-electron chi connectivity index (χ3n) is 3.16. The molecular formula is C17H15NO3. The van der Waals surface area contributed by atoms with Gasteiger partial charge in [0.25, 0.3) is 5.69 Å². The molecule has 2 aromatic carbocycles. The molecule has 0 saturated heterocycles. The highest BCUT2D eigenvalue weighted by Gasteiger charge is 2.07. The van der Waals surface area contributed by atoms with Crippen LogP contribution in [-0.2, 0) is 0 Å².